The van der Waals surface area contributed by atoms with Crippen molar-refractivity contribution in [2.45, 2.75) is 52.5 Å². The molecule has 7 nitrogen and oxygen atoms in total. The summed E-state index contributed by atoms with van der Waals surface area (Å²) in [5.41, 5.74) is 15.2. The number of nitrogens with one attached hydrogen (secondary N) is 1. The van der Waals surface area contributed by atoms with E-state index < -0.39 is 0 Å². The van der Waals surface area contributed by atoms with E-state index in [1.165, 1.54) is 0 Å². The Balaban J connectivity index is 2.55. The number of unbranched alkanes of at least 4 members (excludes halogenated alkanes) is 1. The molecule has 8 heteroatoms. The van der Waals surface area contributed by atoms with Crippen molar-refractivity contribution in [1.29, 1.82) is 5.26 Å². The third-order valence-corrected chi connectivity index (χ3v) is 5.17. The molecule has 1 atom stereocenters. The molecule has 1 aromatic heterocycles. The molecular weight excluding hydrogens is 412 g/mol. The second-order valence-electron chi connectivity index (χ2n) is 7.32. The monoisotopic (exact) mass is 442 g/mol. The van der Waals surface area contributed by atoms with Crippen molar-refractivity contribution in [1.82, 2.24) is 9.78 Å². The van der Waals surface area contributed by atoms with Gasteiger partial charge in [0.2, 0.25) is 0 Å². The van der Waals surface area contributed by atoms with E-state index in [1.54, 1.807) is 20.1 Å². The molecule has 0 bridgehead atoms. The van der Waals surface area contributed by atoms with Gasteiger partial charge in [-0.25, -0.2) is 0 Å². The van der Waals surface area contributed by atoms with E-state index in [0.717, 1.165) is 36.8 Å². The average molecular weight is 443 g/mol. The topological polar surface area (TPSA) is 115 Å². The number of benzene rings is 1. The summed E-state index contributed by atoms with van der Waals surface area (Å²) in [6.07, 6.45) is 7.68. The Kier molecular flexibility index (Phi) is 8.83. The normalized spacial score (nSPS) is 13.4. The van der Waals surface area contributed by atoms with Crippen molar-refractivity contribution in [2.24, 2.45) is 11.5 Å². The molecule has 0 saturated carbocycles. The lowest BCUT2D eigenvalue weighted by Gasteiger charge is -2.16. The van der Waals surface area contributed by atoms with Gasteiger partial charge in [0.15, 0.2) is 5.69 Å². The third kappa shape index (κ3) is 5.96. The van der Waals surface area contributed by atoms with Crippen LogP contribution in [0.25, 0.3) is 11.1 Å². The Morgan fingerprint density at radius 1 is 1.35 bits per heavy atom. The highest BCUT2D eigenvalue weighted by Gasteiger charge is 2.20. The zero-order valence-electron chi connectivity index (χ0n) is 18.6. The van der Waals surface area contributed by atoms with Gasteiger partial charge >= 0.3 is 0 Å². The van der Waals surface area contributed by atoms with Crippen LogP contribution in [0.1, 0.15) is 58.2 Å². The number of rotatable bonds is 10. The molecule has 1 heterocycles. The summed E-state index contributed by atoms with van der Waals surface area (Å²) in [6.45, 7) is 6.05. The first-order valence-electron chi connectivity index (χ1n) is 10.4. The number of allylic oxidation sites excluding steroid dienone is 2. The van der Waals surface area contributed by atoms with Crippen LogP contribution >= 0.6 is 11.6 Å². The fourth-order valence-corrected chi connectivity index (χ4v) is 3.53. The summed E-state index contributed by atoms with van der Waals surface area (Å²) in [5.74, 6) is 0.570. The number of nitrogens with two attached hydrogens (primary N) is 2. The molecule has 5 N–H and O–H groups in total. The Bertz CT molecular complexity index is 994. The quantitative estimate of drug-likeness (QED) is 0.343. The van der Waals surface area contributed by atoms with Gasteiger partial charge in [-0.3, -0.25) is 4.68 Å². The predicted octanol–water partition coefficient (Wildman–Crippen LogP) is 5.21. The molecule has 0 fully saturated rings. The molecule has 2 rings (SSSR count). The fraction of sp³-hybridized carbons (Fsp3) is 0.391. The summed E-state index contributed by atoms with van der Waals surface area (Å²) in [6, 6.07) is 8.12. The first kappa shape index (κ1) is 24.2. The van der Waals surface area contributed by atoms with E-state index in [2.05, 4.69) is 30.3 Å². The molecule has 0 saturated heterocycles. The van der Waals surface area contributed by atoms with Crippen LogP contribution in [-0.2, 0) is 0 Å². The Hall–Kier alpha value is -3.11. The molecule has 0 spiro atoms. The molecule has 1 aromatic carbocycles. The van der Waals surface area contributed by atoms with Crippen LogP contribution in [-0.4, -0.2) is 16.9 Å². The van der Waals surface area contributed by atoms with E-state index in [4.69, 9.17) is 27.8 Å². The maximum Gasteiger partial charge on any atom is 0.170 e. The maximum absolute atomic E-state index is 9.73. The summed E-state index contributed by atoms with van der Waals surface area (Å²) in [5, 5.41) is 17.6. The Labute approximate surface area is 189 Å². The van der Waals surface area contributed by atoms with Gasteiger partial charge in [0.05, 0.1) is 24.5 Å². The molecule has 2 aromatic rings. The number of aromatic nitrogens is 2. The molecule has 0 radical (unpaired) electrons. The molecular formula is C23H31ClN6O. The molecule has 0 aliphatic rings. The molecule has 166 valence electrons. The fourth-order valence-electron chi connectivity index (χ4n) is 3.42. The SMILES string of the molecule is CCCCC(CC)n1cc(-c2cccc(NC(/C=C(\N)Cl)=C(\C)N)c2OC)c(C#N)n1. The van der Waals surface area contributed by atoms with Crippen LogP contribution in [0, 0.1) is 11.3 Å². The van der Waals surface area contributed by atoms with Crippen LogP contribution < -0.4 is 21.5 Å². The first-order valence-corrected chi connectivity index (χ1v) is 10.8. The largest absolute Gasteiger partial charge is 0.494 e. The van der Waals surface area contributed by atoms with Crippen LogP contribution in [0.5, 0.6) is 5.75 Å². The van der Waals surface area contributed by atoms with Crippen LogP contribution in [0.2, 0.25) is 0 Å². The van der Waals surface area contributed by atoms with Gasteiger partial charge in [-0.2, -0.15) is 10.4 Å². The van der Waals surface area contributed by atoms with Crippen LogP contribution in [0.15, 0.2) is 47.0 Å². The van der Waals surface area contributed by atoms with Crippen molar-refractivity contribution >= 4 is 17.3 Å². The zero-order valence-corrected chi connectivity index (χ0v) is 19.3. The smallest absolute Gasteiger partial charge is 0.170 e. The molecule has 0 amide bonds. The van der Waals surface area contributed by atoms with Gasteiger partial charge < -0.3 is 21.5 Å². The van der Waals surface area contributed by atoms with Crippen molar-refractivity contribution in [2.75, 3.05) is 12.4 Å². The summed E-state index contributed by atoms with van der Waals surface area (Å²) in [7, 11) is 1.58. The van der Waals surface area contributed by atoms with E-state index in [1.807, 2.05) is 29.1 Å². The van der Waals surface area contributed by atoms with Crippen molar-refractivity contribution in [3.63, 3.8) is 0 Å². The Morgan fingerprint density at radius 3 is 2.65 bits per heavy atom. The lowest BCUT2D eigenvalue weighted by molar-refractivity contribution is 0.400. The molecule has 1 unspecified atom stereocenters. The highest BCUT2D eigenvalue weighted by Crippen LogP contribution is 2.39. The minimum absolute atomic E-state index is 0.105. The lowest BCUT2D eigenvalue weighted by Crippen LogP contribution is -2.09. The Morgan fingerprint density at radius 2 is 2.10 bits per heavy atom. The van der Waals surface area contributed by atoms with E-state index in [-0.39, 0.29) is 11.2 Å². The number of nitriles is 1. The summed E-state index contributed by atoms with van der Waals surface area (Å²) >= 11 is 5.84. The second-order valence-corrected chi connectivity index (χ2v) is 7.76. The number of hydrogen-bond donors (Lipinski definition) is 3. The van der Waals surface area contributed by atoms with E-state index in [0.29, 0.717) is 28.5 Å². The van der Waals surface area contributed by atoms with E-state index >= 15 is 0 Å². The summed E-state index contributed by atoms with van der Waals surface area (Å²) < 4.78 is 7.63. The van der Waals surface area contributed by atoms with Gasteiger partial charge in [-0.1, -0.05) is 50.4 Å². The highest BCUT2D eigenvalue weighted by molar-refractivity contribution is 6.29. The number of halogens is 1. The number of hydrogen-bond acceptors (Lipinski definition) is 6. The molecule has 0 aliphatic carbocycles. The van der Waals surface area contributed by atoms with Gasteiger partial charge in [0.1, 0.15) is 17.0 Å². The minimum Gasteiger partial charge on any atom is -0.494 e. The third-order valence-electron chi connectivity index (χ3n) is 5.06. The second kappa shape index (κ2) is 11.3. The minimum atomic E-state index is 0.105. The van der Waals surface area contributed by atoms with Crippen LogP contribution in [0.4, 0.5) is 5.69 Å². The first-order chi connectivity index (χ1) is 14.9. The number of ether oxygens (including phenoxy) is 1. The zero-order chi connectivity index (χ0) is 23.0. The van der Waals surface area contributed by atoms with Gasteiger partial charge in [0, 0.05) is 23.0 Å². The van der Waals surface area contributed by atoms with E-state index in [9.17, 15) is 5.26 Å². The predicted molar refractivity (Wildman–Crippen MR) is 126 cm³/mol. The number of anilines is 1. The van der Waals surface area contributed by atoms with Gasteiger partial charge in [0.25, 0.3) is 0 Å². The summed E-state index contributed by atoms with van der Waals surface area (Å²) in [4.78, 5) is 0. The molecule has 0 aliphatic heterocycles. The average Bonchev–Trinajstić information content (AvgIpc) is 3.17. The van der Waals surface area contributed by atoms with Crippen molar-refractivity contribution in [3.05, 3.63) is 52.7 Å². The lowest BCUT2D eigenvalue weighted by atomic mass is 10.0. The van der Waals surface area contributed by atoms with Gasteiger partial charge in [-0.05, 0) is 31.9 Å². The maximum atomic E-state index is 9.73. The van der Waals surface area contributed by atoms with Crippen LogP contribution in [0.3, 0.4) is 0 Å². The number of nitrogens with zero attached hydrogens (tertiary/aromatic N) is 3. The van der Waals surface area contributed by atoms with Crippen molar-refractivity contribution in [3.8, 4) is 22.9 Å². The standard InChI is InChI=1S/C23H31ClN6O/c1-5-7-9-16(6-2)30-14-18(21(13-25)29-30)17-10-8-11-19(23(17)31-4)28-20(15(3)26)12-22(24)27/h8,10-12,14,16,28H,5-7,9,26-27H2,1-4H3/b20-15+,22-12-. The number of methoxy groups -OCH3 is 1. The number of para-hydroxylation sites is 1. The van der Waals surface area contributed by atoms with Crippen molar-refractivity contribution < 1.29 is 4.74 Å². The molecule has 31 heavy (non-hydrogen) atoms. The highest BCUT2D eigenvalue weighted by atomic mass is 35.5. The van der Waals surface area contributed by atoms with Gasteiger partial charge in [-0.15, -0.1) is 0 Å².